The van der Waals surface area contributed by atoms with Crippen molar-refractivity contribution in [3.63, 3.8) is 0 Å². The van der Waals surface area contributed by atoms with Crippen molar-refractivity contribution in [3.05, 3.63) is 68.6 Å². The van der Waals surface area contributed by atoms with Gasteiger partial charge in [-0.2, -0.15) is 0 Å². The predicted molar refractivity (Wildman–Crippen MR) is 144 cm³/mol. The van der Waals surface area contributed by atoms with Gasteiger partial charge in [0.2, 0.25) is 0 Å². The summed E-state index contributed by atoms with van der Waals surface area (Å²) in [7, 11) is 0. The van der Waals surface area contributed by atoms with Crippen molar-refractivity contribution in [2.45, 2.75) is 59.3 Å². The van der Waals surface area contributed by atoms with Crippen LogP contribution in [0, 0.1) is 10.1 Å². The Morgan fingerprint density at radius 1 is 0.971 bits per heavy atom. The van der Waals surface area contributed by atoms with E-state index in [4.69, 9.17) is 4.74 Å². The van der Waals surface area contributed by atoms with E-state index < -0.39 is 4.92 Å². The summed E-state index contributed by atoms with van der Waals surface area (Å²) in [5, 5.41) is 11.9. The highest BCUT2D eigenvalue weighted by Gasteiger charge is 2.21. The summed E-state index contributed by atoms with van der Waals surface area (Å²) in [5.74, 6) is 0.638. The van der Waals surface area contributed by atoms with Crippen molar-refractivity contribution in [3.8, 4) is 5.75 Å². The molecule has 0 aliphatic rings. The average Bonchev–Trinajstić information content (AvgIpc) is 3.25. The van der Waals surface area contributed by atoms with Crippen LogP contribution in [0.4, 0.5) is 5.69 Å². The second-order valence-electron chi connectivity index (χ2n) is 8.80. The lowest BCUT2D eigenvalue weighted by Gasteiger charge is -2.21. The molecular weight excluding hydrogens is 460 g/mol. The van der Waals surface area contributed by atoms with Crippen molar-refractivity contribution >= 4 is 32.9 Å². The van der Waals surface area contributed by atoms with E-state index in [1.54, 1.807) is 18.2 Å². The number of nitro benzene ring substituents is 1. The fourth-order valence-electron chi connectivity index (χ4n) is 4.17. The number of fused-ring (bicyclic) bond motifs is 1. The average molecular weight is 497 g/mol. The smallest absolute Gasteiger partial charge is 0.270 e. The number of ketones is 1. The fourth-order valence-corrected chi connectivity index (χ4v) is 5.29. The number of thiophene rings is 1. The zero-order valence-electron chi connectivity index (χ0n) is 21.0. The lowest BCUT2D eigenvalue weighted by Crippen LogP contribution is -2.28. The maximum atomic E-state index is 13.4. The van der Waals surface area contributed by atoms with Crippen LogP contribution in [0.15, 0.2) is 42.5 Å². The van der Waals surface area contributed by atoms with Crippen molar-refractivity contribution in [2.75, 3.05) is 26.2 Å². The van der Waals surface area contributed by atoms with Gasteiger partial charge in [0.05, 0.1) is 11.5 Å². The number of nitro groups is 1. The van der Waals surface area contributed by atoms with Crippen molar-refractivity contribution in [1.82, 2.24) is 4.90 Å². The van der Waals surface area contributed by atoms with Gasteiger partial charge in [-0.3, -0.25) is 14.9 Å². The third-order valence-electron chi connectivity index (χ3n) is 6.16. The van der Waals surface area contributed by atoms with E-state index in [0.29, 0.717) is 29.5 Å². The van der Waals surface area contributed by atoms with Crippen molar-refractivity contribution < 1.29 is 14.5 Å². The van der Waals surface area contributed by atoms with Gasteiger partial charge in [0.1, 0.15) is 5.75 Å². The first-order valence-electron chi connectivity index (χ1n) is 12.7. The molecule has 0 fully saturated rings. The summed E-state index contributed by atoms with van der Waals surface area (Å²) in [6.45, 7) is 10.4. The summed E-state index contributed by atoms with van der Waals surface area (Å²) in [6.07, 6.45) is 6.54. The summed E-state index contributed by atoms with van der Waals surface area (Å²) in [4.78, 5) is 27.7. The van der Waals surface area contributed by atoms with Crippen molar-refractivity contribution in [1.29, 1.82) is 0 Å². The lowest BCUT2D eigenvalue weighted by atomic mass is 9.99. The summed E-state index contributed by atoms with van der Waals surface area (Å²) >= 11 is 1.52. The molecule has 0 saturated carbocycles. The lowest BCUT2D eigenvalue weighted by molar-refractivity contribution is -0.384. The molecule has 35 heavy (non-hydrogen) atoms. The van der Waals surface area contributed by atoms with Crippen molar-refractivity contribution in [2.24, 2.45) is 0 Å². The van der Waals surface area contributed by atoms with E-state index in [9.17, 15) is 14.9 Å². The molecule has 0 atom stereocenters. The molecule has 0 aliphatic carbocycles. The van der Waals surface area contributed by atoms with Gasteiger partial charge >= 0.3 is 0 Å². The molecule has 2 aromatic carbocycles. The van der Waals surface area contributed by atoms with Crippen LogP contribution >= 0.6 is 11.3 Å². The first-order valence-corrected chi connectivity index (χ1v) is 13.5. The largest absolute Gasteiger partial charge is 0.494 e. The summed E-state index contributed by atoms with van der Waals surface area (Å²) in [6, 6.07) is 12.0. The number of unbranched alkanes of at least 4 members (excludes halogenated alkanes) is 2. The van der Waals surface area contributed by atoms with Gasteiger partial charge in [-0.05, 0) is 69.1 Å². The van der Waals surface area contributed by atoms with Crippen LogP contribution in [0.25, 0.3) is 10.1 Å². The normalized spacial score (nSPS) is 11.3. The van der Waals surface area contributed by atoms with Crippen LogP contribution in [0.1, 0.15) is 73.7 Å². The van der Waals surface area contributed by atoms with Gasteiger partial charge in [-0.25, -0.2) is 0 Å². The molecule has 6 nitrogen and oxygen atoms in total. The number of rotatable bonds is 15. The van der Waals surface area contributed by atoms with E-state index in [2.05, 4.69) is 18.7 Å². The van der Waals surface area contributed by atoms with Gasteiger partial charge in [0.15, 0.2) is 5.78 Å². The minimum Gasteiger partial charge on any atom is -0.494 e. The Kier molecular flexibility index (Phi) is 10.2. The molecule has 0 aliphatic heterocycles. The Hall–Kier alpha value is -2.77. The fraction of sp³-hybridized carbons (Fsp3) is 0.464. The molecule has 0 bridgehead atoms. The highest BCUT2D eigenvalue weighted by molar-refractivity contribution is 7.19. The van der Waals surface area contributed by atoms with E-state index in [1.165, 1.54) is 49.2 Å². The molecule has 3 rings (SSSR count). The zero-order chi connectivity index (χ0) is 25.2. The minimum atomic E-state index is -0.421. The molecule has 1 aromatic heterocycles. The standard InChI is InChI=1S/C28H36N2O4S/c1-4-7-16-29(17-8-5-2)18-9-19-34-23-13-10-21(11-14-23)28(31)27-24-20-22(30(32)33)12-15-26(24)35-25(27)6-3/h10-15,20H,4-9,16-19H2,1-3H3. The Morgan fingerprint density at radius 3 is 2.23 bits per heavy atom. The number of aryl methyl sites for hydroxylation is 1. The Balaban J connectivity index is 1.64. The predicted octanol–water partition coefficient (Wildman–Crippen LogP) is 7.27. The molecule has 0 unspecified atom stereocenters. The Bertz CT molecular complexity index is 1120. The van der Waals surface area contributed by atoms with Crippen LogP contribution in [0.2, 0.25) is 0 Å². The molecule has 0 spiro atoms. The number of hydrogen-bond acceptors (Lipinski definition) is 6. The van der Waals surface area contributed by atoms with Crippen LogP contribution < -0.4 is 4.74 Å². The molecule has 0 N–H and O–H groups in total. The number of carbonyl (C=O) groups excluding carboxylic acids is 1. The van der Waals surface area contributed by atoms with E-state index in [1.807, 2.05) is 19.1 Å². The highest BCUT2D eigenvalue weighted by atomic mass is 32.1. The molecule has 1 heterocycles. The van der Waals surface area contributed by atoms with Gasteiger partial charge < -0.3 is 9.64 Å². The molecule has 3 aromatic rings. The van der Waals surface area contributed by atoms with E-state index >= 15 is 0 Å². The van der Waals surface area contributed by atoms with Gasteiger partial charge in [0, 0.05) is 44.8 Å². The second-order valence-corrected chi connectivity index (χ2v) is 9.93. The molecule has 188 valence electrons. The third-order valence-corrected chi connectivity index (χ3v) is 7.48. The Morgan fingerprint density at radius 2 is 1.63 bits per heavy atom. The van der Waals surface area contributed by atoms with Gasteiger partial charge in [0.25, 0.3) is 5.69 Å². The van der Waals surface area contributed by atoms with Gasteiger partial charge in [-0.15, -0.1) is 11.3 Å². The molecular formula is C28H36N2O4S. The first-order chi connectivity index (χ1) is 17.0. The van der Waals surface area contributed by atoms with Crippen LogP contribution in [-0.4, -0.2) is 41.8 Å². The maximum Gasteiger partial charge on any atom is 0.270 e. The number of non-ortho nitro benzene ring substituents is 1. The SMILES string of the molecule is CCCCN(CCCC)CCCOc1ccc(C(=O)c2c(CC)sc3ccc([N+](=O)[O-])cc23)cc1. The number of hydrogen-bond donors (Lipinski definition) is 0. The van der Waals surface area contributed by atoms with E-state index in [0.717, 1.165) is 41.4 Å². The quantitative estimate of drug-likeness (QED) is 0.0957. The zero-order valence-corrected chi connectivity index (χ0v) is 21.9. The second kappa shape index (κ2) is 13.4. The molecule has 0 radical (unpaired) electrons. The summed E-state index contributed by atoms with van der Waals surface area (Å²) < 4.78 is 6.83. The number of benzene rings is 2. The maximum absolute atomic E-state index is 13.4. The van der Waals surface area contributed by atoms with Crippen LogP contribution in [0.5, 0.6) is 5.75 Å². The number of ether oxygens (including phenoxy) is 1. The minimum absolute atomic E-state index is 0.00120. The molecule has 0 amide bonds. The van der Waals surface area contributed by atoms with Crippen LogP contribution in [-0.2, 0) is 6.42 Å². The topological polar surface area (TPSA) is 72.7 Å². The molecule has 7 heteroatoms. The third kappa shape index (κ3) is 7.12. The highest BCUT2D eigenvalue weighted by Crippen LogP contribution is 2.35. The Labute approximate surface area is 212 Å². The van der Waals surface area contributed by atoms with Gasteiger partial charge in [-0.1, -0.05) is 33.6 Å². The number of carbonyl (C=O) groups is 1. The monoisotopic (exact) mass is 496 g/mol. The van der Waals surface area contributed by atoms with Crippen LogP contribution in [0.3, 0.4) is 0 Å². The number of nitrogens with zero attached hydrogens (tertiary/aromatic N) is 2. The molecule has 0 saturated heterocycles. The summed E-state index contributed by atoms with van der Waals surface area (Å²) in [5.41, 5.74) is 1.13. The van der Waals surface area contributed by atoms with E-state index in [-0.39, 0.29) is 11.5 Å². The first kappa shape index (κ1) is 26.8.